The van der Waals surface area contributed by atoms with Crippen molar-refractivity contribution in [2.24, 2.45) is 0 Å². The number of ketones is 1. The maximum atomic E-state index is 13.4. The Labute approximate surface area is 202 Å². The summed E-state index contributed by atoms with van der Waals surface area (Å²) < 4.78 is 5.38. The fourth-order valence-electron chi connectivity index (χ4n) is 4.29. The van der Waals surface area contributed by atoms with Crippen LogP contribution in [0.4, 0.5) is 0 Å². The van der Waals surface area contributed by atoms with E-state index >= 15 is 0 Å². The topological polar surface area (TPSA) is 68.3 Å². The van der Waals surface area contributed by atoms with Crippen LogP contribution in [0.15, 0.2) is 73.6 Å². The lowest BCUT2D eigenvalue weighted by Gasteiger charge is -2.22. The van der Waals surface area contributed by atoms with Gasteiger partial charge >= 0.3 is 0 Å². The van der Waals surface area contributed by atoms with Crippen LogP contribution in [-0.2, 0) is 5.54 Å². The maximum Gasteiger partial charge on any atom is 0.252 e. The van der Waals surface area contributed by atoms with Crippen LogP contribution in [0.3, 0.4) is 0 Å². The number of thiophene rings is 1. The number of aryl methyl sites for hydroxylation is 1. The number of benzene rings is 2. The molecular weight excluding hydrogens is 444 g/mol. The van der Waals surface area contributed by atoms with Gasteiger partial charge in [-0.05, 0) is 85.8 Å². The second-order valence-electron chi connectivity index (χ2n) is 8.61. The van der Waals surface area contributed by atoms with Crippen molar-refractivity contribution in [3.63, 3.8) is 0 Å². The minimum Gasteiger partial charge on any atom is -0.466 e. The Morgan fingerprint density at radius 3 is 2.68 bits per heavy atom. The van der Waals surface area contributed by atoms with E-state index < -0.39 is 5.54 Å². The molecule has 5 rings (SSSR count). The third-order valence-corrected chi connectivity index (χ3v) is 7.48. The first-order valence-corrected chi connectivity index (χ1v) is 11.9. The third-order valence-electron chi connectivity index (χ3n) is 6.25. The average molecular weight is 469 g/mol. The minimum atomic E-state index is -0.462. The van der Waals surface area contributed by atoms with E-state index in [0.29, 0.717) is 11.3 Å². The molecule has 1 saturated carbocycles. The standard InChI is InChI=1S/C28H24N2O3S/c1-4-33-20-8-7-17(2)22(16-20)27(32)30-28(11-12-28)23-14-19(15-24-21(23)6-5-13-29-24)26-10-9-25(34-26)18(3)31/h4-10,13-16H,1,11-12H2,2-3H3,(H,30,32). The molecule has 1 N–H and O–H groups in total. The average Bonchev–Trinajstić information content (AvgIpc) is 3.42. The summed E-state index contributed by atoms with van der Waals surface area (Å²) in [7, 11) is 0. The van der Waals surface area contributed by atoms with E-state index in [1.165, 1.54) is 17.6 Å². The molecule has 0 radical (unpaired) electrons. The van der Waals surface area contributed by atoms with Gasteiger partial charge in [0.05, 0.1) is 22.2 Å². The normalized spacial score (nSPS) is 13.9. The van der Waals surface area contributed by atoms with Crippen LogP contribution >= 0.6 is 11.3 Å². The summed E-state index contributed by atoms with van der Waals surface area (Å²) in [5, 5.41) is 4.33. The summed E-state index contributed by atoms with van der Waals surface area (Å²) in [5.41, 5.74) is 3.91. The van der Waals surface area contributed by atoms with Crippen molar-refractivity contribution < 1.29 is 14.3 Å². The van der Waals surface area contributed by atoms with Crippen molar-refractivity contribution in [1.82, 2.24) is 10.3 Å². The molecule has 6 heteroatoms. The molecule has 0 spiro atoms. The molecule has 2 heterocycles. The van der Waals surface area contributed by atoms with Gasteiger partial charge in [-0.1, -0.05) is 18.7 Å². The van der Waals surface area contributed by atoms with Crippen molar-refractivity contribution in [1.29, 1.82) is 0 Å². The SMILES string of the molecule is C=COc1ccc(C)c(C(=O)NC2(c3cc(-c4ccc(C(C)=O)s4)cc4ncccc34)CC2)c1. The van der Waals surface area contributed by atoms with E-state index in [1.807, 2.05) is 49.4 Å². The van der Waals surface area contributed by atoms with Crippen LogP contribution in [0, 0.1) is 6.92 Å². The molecule has 34 heavy (non-hydrogen) atoms. The van der Waals surface area contributed by atoms with E-state index in [-0.39, 0.29) is 11.7 Å². The van der Waals surface area contributed by atoms with Crippen LogP contribution in [-0.4, -0.2) is 16.7 Å². The number of amides is 1. The van der Waals surface area contributed by atoms with Crippen molar-refractivity contribution in [3.05, 3.63) is 95.2 Å². The quantitative estimate of drug-likeness (QED) is 0.251. The van der Waals surface area contributed by atoms with Gasteiger partial charge in [0.2, 0.25) is 0 Å². The molecule has 5 nitrogen and oxygen atoms in total. The zero-order chi connectivity index (χ0) is 23.9. The Balaban J connectivity index is 1.55. The zero-order valence-corrected chi connectivity index (χ0v) is 19.9. The minimum absolute atomic E-state index is 0.0550. The summed E-state index contributed by atoms with van der Waals surface area (Å²) in [5.74, 6) is 0.493. The van der Waals surface area contributed by atoms with Gasteiger partial charge in [0.25, 0.3) is 5.91 Å². The highest BCUT2D eigenvalue weighted by Gasteiger charge is 2.47. The fourth-order valence-corrected chi connectivity index (χ4v) is 5.18. The van der Waals surface area contributed by atoms with E-state index in [4.69, 9.17) is 4.74 Å². The van der Waals surface area contributed by atoms with Gasteiger partial charge in [-0.2, -0.15) is 0 Å². The molecule has 1 amide bonds. The number of nitrogens with zero attached hydrogens (tertiary/aromatic N) is 1. The van der Waals surface area contributed by atoms with Crippen LogP contribution in [0.5, 0.6) is 5.75 Å². The van der Waals surface area contributed by atoms with Gasteiger partial charge in [-0.3, -0.25) is 14.6 Å². The smallest absolute Gasteiger partial charge is 0.252 e. The van der Waals surface area contributed by atoms with E-state index in [1.54, 1.807) is 19.2 Å². The first kappa shape index (κ1) is 22.0. The van der Waals surface area contributed by atoms with E-state index in [0.717, 1.165) is 50.2 Å². The molecule has 1 aliphatic rings. The van der Waals surface area contributed by atoms with Gasteiger partial charge in [0.15, 0.2) is 5.78 Å². The number of hydrogen-bond acceptors (Lipinski definition) is 5. The van der Waals surface area contributed by atoms with Gasteiger partial charge in [0.1, 0.15) is 5.75 Å². The number of nitrogens with one attached hydrogen (secondary N) is 1. The van der Waals surface area contributed by atoms with Crippen LogP contribution < -0.4 is 10.1 Å². The van der Waals surface area contributed by atoms with Gasteiger partial charge < -0.3 is 10.1 Å². The maximum absolute atomic E-state index is 13.4. The fraction of sp³-hybridized carbons (Fsp3) is 0.179. The van der Waals surface area contributed by atoms with Crippen molar-refractivity contribution in [2.75, 3.05) is 0 Å². The predicted octanol–water partition coefficient (Wildman–Crippen LogP) is 6.42. The van der Waals surface area contributed by atoms with Crippen molar-refractivity contribution >= 4 is 33.9 Å². The third kappa shape index (κ3) is 4.01. The molecule has 0 saturated heterocycles. The number of aromatic nitrogens is 1. The van der Waals surface area contributed by atoms with Crippen LogP contribution in [0.2, 0.25) is 0 Å². The Hall–Kier alpha value is -3.77. The molecule has 2 aromatic heterocycles. The number of Topliss-reactive ketones (excluding diaryl/α,β-unsaturated/α-hetero) is 1. The lowest BCUT2D eigenvalue weighted by molar-refractivity contribution is 0.0929. The Kier molecular flexibility index (Phi) is 5.54. The first-order chi connectivity index (χ1) is 16.4. The summed E-state index contributed by atoms with van der Waals surface area (Å²) in [6.45, 7) is 7.08. The van der Waals surface area contributed by atoms with Gasteiger partial charge in [-0.25, -0.2) is 0 Å². The molecule has 1 aliphatic carbocycles. The van der Waals surface area contributed by atoms with Gasteiger partial charge in [-0.15, -0.1) is 11.3 Å². The molecule has 0 atom stereocenters. The van der Waals surface area contributed by atoms with Crippen molar-refractivity contribution in [3.8, 4) is 16.2 Å². The molecular formula is C28H24N2O3S. The summed E-state index contributed by atoms with van der Waals surface area (Å²) in [4.78, 5) is 31.5. The molecule has 4 aromatic rings. The number of fused-ring (bicyclic) bond motifs is 1. The summed E-state index contributed by atoms with van der Waals surface area (Å²) in [6, 6.07) is 17.4. The molecule has 0 aliphatic heterocycles. The summed E-state index contributed by atoms with van der Waals surface area (Å²) in [6.07, 6.45) is 4.81. The van der Waals surface area contributed by atoms with Crippen molar-refractivity contribution in [2.45, 2.75) is 32.2 Å². The second kappa shape index (κ2) is 8.54. The number of hydrogen-bond donors (Lipinski definition) is 1. The molecule has 2 aromatic carbocycles. The highest BCUT2D eigenvalue weighted by molar-refractivity contribution is 7.17. The Morgan fingerprint density at radius 1 is 1.15 bits per heavy atom. The number of rotatable bonds is 7. The number of ether oxygens (including phenoxy) is 1. The predicted molar refractivity (Wildman–Crippen MR) is 135 cm³/mol. The Morgan fingerprint density at radius 2 is 1.97 bits per heavy atom. The van der Waals surface area contributed by atoms with E-state index in [2.05, 4.69) is 22.9 Å². The largest absolute Gasteiger partial charge is 0.466 e. The highest BCUT2D eigenvalue weighted by Crippen LogP contribution is 2.49. The first-order valence-electron chi connectivity index (χ1n) is 11.1. The van der Waals surface area contributed by atoms with Crippen LogP contribution in [0.1, 0.15) is 50.9 Å². The summed E-state index contributed by atoms with van der Waals surface area (Å²) >= 11 is 1.47. The van der Waals surface area contributed by atoms with Crippen LogP contribution in [0.25, 0.3) is 21.3 Å². The molecule has 0 bridgehead atoms. The van der Waals surface area contributed by atoms with Gasteiger partial charge in [0, 0.05) is 22.0 Å². The lowest BCUT2D eigenvalue weighted by atomic mass is 9.95. The lowest BCUT2D eigenvalue weighted by Crippen LogP contribution is -2.35. The number of carbonyl (C=O) groups is 2. The molecule has 0 unspecified atom stereocenters. The monoisotopic (exact) mass is 468 g/mol. The number of pyridine rings is 1. The molecule has 170 valence electrons. The number of carbonyl (C=O) groups excluding carboxylic acids is 2. The zero-order valence-electron chi connectivity index (χ0n) is 19.1. The van der Waals surface area contributed by atoms with E-state index in [9.17, 15) is 9.59 Å². The highest BCUT2D eigenvalue weighted by atomic mass is 32.1. The molecule has 1 fully saturated rings. The Bertz CT molecular complexity index is 1450. The second-order valence-corrected chi connectivity index (χ2v) is 9.70.